The first-order valence-corrected chi connectivity index (χ1v) is 7.32. The zero-order valence-corrected chi connectivity index (χ0v) is 13.5. The third kappa shape index (κ3) is 5.18. The molecule has 0 atom stereocenters. The van der Waals surface area contributed by atoms with Crippen LogP contribution in [0.2, 0.25) is 5.02 Å². The third-order valence-corrected chi connectivity index (χ3v) is 3.29. The zero-order chi connectivity index (χ0) is 18.4. The molecule has 0 saturated carbocycles. The second-order valence-electron chi connectivity index (χ2n) is 4.79. The molecule has 0 bridgehead atoms. The summed E-state index contributed by atoms with van der Waals surface area (Å²) in [5, 5.41) is 4.34. The van der Waals surface area contributed by atoms with E-state index in [9.17, 15) is 18.8 Å². The van der Waals surface area contributed by atoms with Crippen LogP contribution in [-0.2, 0) is 9.53 Å². The molecule has 0 saturated heterocycles. The fourth-order valence-corrected chi connectivity index (χ4v) is 1.88. The van der Waals surface area contributed by atoms with Crippen LogP contribution < -0.4 is 16.4 Å². The quantitative estimate of drug-likeness (QED) is 0.569. The Morgan fingerprint density at radius 2 is 1.88 bits per heavy atom. The number of anilines is 2. The normalized spacial score (nSPS) is 10.0. The number of esters is 1. The summed E-state index contributed by atoms with van der Waals surface area (Å²) in [6, 6.07) is 8.57. The van der Waals surface area contributed by atoms with E-state index in [0.717, 1.165) is 6.07 Å². The van der Waals surface area contributed by atoms with E-state index in [2.05, 4.69) is 5.32 Å². The van der Waals surface area contributed by atoms with Crippen molar-refractivity contribution in [1.82, 2.24) is 5.32 Å². The van der Waals surface area contributed by atoms with E-state index < -0.39 is 30.3 Å². The molecule has 0 radical (unpaired) electrons. The van der Waals surface area contributed by atoms with E-state index in [1.807, 2.05) is 5.32 Å². The monoisotopic (exact) mass is 365 g/mol. The summed E-state index contributed by atoms with van der Waals surface area (Å²) in [5.74, 6) is -2.35. The first kappa shape index (κ1) is 18.2. The number of imide groups is 1. The summed E-state index contributed by atoms with van der Waals surface area (Å²) in [7, 11) is 0. The predicted molar refractivity (Wildman–Crippen MR) is 89.7 cm³/mol. The Morgan fingerprint density at radius 3 is 2.56 bits per heavy atom. The van der Waals surface area contributed by atoms with Gasteiger partial charge in [-0.3, -0.25) is 10.1 Å². The molecule has 2 rings (SSSR count). The van der Waals surface area contributed by atoms with Gasteiger partial charge in [-0.25, -0.2) is 14.0 Å². The molecular formula is C16H13ClFN3O4. The van der Waals surface area contributed by atoms with Gasteiger partial charge in [0, 0.05) is 0 Å². The average molecular weight is 366 g/mol. The molecule has 7 nitrogen and oxygen atoms in total. The van der Waals surface area contributed by atoms with E-state index >= 15 is 0 Å². The van der Waals surface area contributed by atoms with Gasteiger partial charge >= 0.3 is 12.0 Å². The summed E-state index contributed by atoms with van der Waals surface area (Å²) in [6.45, 7) is -0.702. The lowest BCUT2D eigenvalue weighted by atomic mass is 10.2. The second-order valence-corrected chi connectivity index (χ2v) is 5.20. The van der Waals surface area contributed by atoms with Crippen LogP contribution in [0, 0.1) is 5.82 Å². The number of nitrogen functional groups attached to an aromatic ring is 1. The van der Waals surface area contributed by atoms with Crippen molar-refractivity contribution in [3.05, 3.63) is 58.9 Å². The lowest BCUT2D eigenvalue weighted by Crippen LogP contribution is -2.37. The summed E-state index contributed by atoms with van der Waals surface area (Å²) in [5.41, 5.74) is 5.75. The van der Waals surface area contributed by atoms with Gasteiger partial charge in [-0.15, -0.1) is 0 Å². The number of para-hydroxylation sites is 1. The van der Waals surface area contributed by atoms with Gasteiger partial charge in [-0.2, -0.15) is 0 Å². The Hall–Kier alpha value is -3.13. The number of carbonyl (C=O) groups is 3. The number of hydrogen-bond acceptors (Lipinski definition) is 5. The van der Waals surface area contributed by atoms with Crippen LogP contribution in [0.5, 0.6) is 0 Å². The van der Waals surface area contributed by atoms with Crippen LogP contribution in [-0.4, -0.2) is 24.5 Å². The number of carbonyl (C=O) groups excluding carboxylic acids is 3. The molecule has 0 aromatic heterocycles. The number of nitrogens with two attached hydrogens (primary N) is 1. The van der Waals surface area contributed by atoms with E-state index in [1.165, 1.54) is 36.4 Å². The Bertz CT molecular complexity index is 829. The maximum atomic E-state index is 13.4. The van der Waals surface area contributed by atoms with Crippen molar-refractivity contribution in [1.29, 1.82) is 0 Å². The van der Waals surface area contributed by atoms with Crippen LogP contribution >= 0.6 is 11.6 Å². The number of benzene rings is 2. The molecular weight excluding hydrogens is 353 g/mol. The van der Waals surface area contributed by atoms with Gasteiger partial charge in [0.1, 0.15) is 5.82 Å². The van der Waals surface area contributed by atoms with Crippen molar-refractivity contribution in [2.45, 2.75) is 0 Å². The van der Waals surface area contributed by atoms with Crippen LogP contribution in [0.4, 0.5) is 20.6 Å². The Kier molecular flexibility index (Phi) is 5.91. The molecule has 0 aliphatic carbocycles. The topological polar surface area (TPSA) is 111 Å². The van der Waals surface area contributed by atoms with E-state index in [4.69, 9.17) is 22.1 Å². The molecule has 3 amide bonds. The number of hydrogen-bond donors (Lipinski definition) is 3. The second kappa shape index (κ2) is 8.11. The molecule has 0 aliphatic rings. The van der Waals surface area contributed by atoms with Gasteiger partial charge in [0.25, 0.3) is 5.91 Å². The highest BCUT2D eigenvalue weighted by Gasteiger charge is 2.14. The molecule has 2 aromatic carbocycles. The minimum absolute atomic E-state index is 0.0959. The highest BCUT2D eigenvalue weighted by molar-refractivity contribution is 6.33. The lowest BCUT2D eigenvalue weighted by molar-refractivity contribution is -0.123. The van der Waals surface area contributed by atoms with Crippen molar-refractivity contribution >= 4 is 40.9 Å². The average Bonchev–Trinajstić information content (AvgIpc) is 2.57. The van der Waals surface area contributed by atoms with E-state index in [-0.39, 0.29) is 22.0 Å². The van der Waals surface area contributed by atoms with E-state index in [1.54, 1.807) is 0 Å². The third-order valence-electron chi connectivity index (χ3n) is 2.94. The molecule has 25 heavy (non-hydrogen) atoms. The number of ether oxygens (including phenoxy) is 1. The number of nitrogens with one attached hydrogen (secondary N) is 2. The van der Waals surface area contributed by atoms with E-state index in [0.29, 0.717) is 0 Å². The van der Waals surface area contributed by atoms with Crippen molar-refractivity contribution in [2.75, 3.05) is 17.7 Å². The fourth-order valence-electron chi connectivity index (χ4n) is 1.76. The molecule has 0 unspecified atom stereocenters. The standard InChI is InChI=1S/C16H13ClFN3O4/c17-10-6-5-9(7-12(10)19)15(23)25-8-14(22)21-16(24)20-13-4-2-1-3-11(13)18/h1-7H,8,19H2,(H2,20,21,22,24). The number of urea groups is 1. The minimum atomic E-state index is -0.957. The first-order chi connectivity index (χ1) is 11.9. The van der Waals surface area contributed by atoms with Gasteiger partial charge in [0.15, 0.2) is 6.61 Å². The molecule has 2 aromatic rings. The smallest absolute Gasteiger partial charge is 0.338 e. The largest absolute Gasteiger partial charge is 0.452 e. The molecule has 0 heterocycles. The summed E-state index contributed by atoms with van der Waals surface area (Å²) in [4.78, 5) is 35.0. The minimum Gasteiger partial charge on any atom is -0.452 e. The van der Waals surface area contributed by atoms with Crippen LogP contribution in [0.15, 0.2) is 42.5 Å². The molecule has 9 heteroatoms. The van der Waals surface area contributed by atoms with Gasteiger partial charge in [-0.1, -0.05) is 23.7 Å². The number of amides is 3. The zero-order valence-electron chi connectivity index (χ0n) is 12.7. The Morgan fingerprint density at radius 1 is 1.16 bits per heavy atom. The molecule has 0 aliphatic heterocycles. The molecule has 0 spiro atoms. The summed E-state index contributed by atoms with van der Waals surface area (Å²) >= 11 is 5.74. The van der Waals surface area contributed by atoms with Crippen LogP contribution in [0.1, 0.15) is 10.4 Å². The number of rotatable bonds is 4. The lowest BCUT2D eigenvalue weighted by Gasteiger charge is -2.08. The van der Waals surface area contributed by atoms with Crippen LogP contribution in [0.3, 0.4) is 0 Å². The predicted octanol–water partition coefficient (Wildman–Crippen LogP) is 2.57. The Balaban J connectivity index is 1.83. The molecule has 0 fully saturated rings. The first-order valence-electron chi connectivity index (χ1n) is 6.94. The van der Waals surface area contributed by atoms with Crippen molar-refractivity contribution < 1.29 is 23.5 Å². The van der Waals surface area contributed by atoms with Gasteiger partial charge < -0.3 is 15.8 Å². The molecule has 4 N–H and O–H groups in total. The summed E-state index contributed by atoms with van der Waals surface area (Å²) in [6.07, 6.45) is 0. The maximum Gasteiger partial charge on any atom is 0.338 e. The van der Waals surface area contributed by atoms with Gasteiger partial charge in [0.2, 0.25) is 0 Å². The number of halogens is 2. The van der Waals surface area contributed by atoms with Crippen molar-refractivity contribution in [3.8, 4) is 0 Å². The van der Waals surface area contributed by atoms with Gasteiger partial charge in [0.05, 0.1) is 22.0 Å². The van der Waals surface area contributed by atoms with Crippen molar-refractivity contribution in [2.24, 2.45) is 0 Å². The highest BCUT2D eigenvalue weighted by atomic mass is 35.5. The van der Waals surface area contributed by atoms with Gasteiger partial charge in [-0.05, 0) is 30.3 Å². The van der Waals surface area contributed by atoms with Crippen molar-refractivity contribution in [3.63, 3.8) is 0 Å². The maximum absolute atomic E-state index is 13.4. The molecule has 130 valence electrons. The fraction of sp³-hybridized carbons (Fsp3) is 0.0625. The Labute approximate surface area is 146 Å². The highest BCUT2D eigenvalue weighted by Crippen LogP contribution is 2.19. The summed E-state index contributed by atoms with van der Waals surface area (Å²) < 4.78 is 18.1. The SMILES string of the molecule is Nc1cc(C(=O)OCC(=O)NC(=O)Nc2ccccc2F)ccc1Cl. The van der Waals surface area contributed by atoms with Crippen LogP contribution in [0.25, 0.3) is 0 Å².